The maximum Gasteiger partial charge on any atom is 0.409 e. The van der Waals surface area contributed by atoms with E-state index in [2.05, 4.69) is 27.5 Å². The van der Waals surface area contributed by atoms with Crippen molar-refractivity contribution < 1.29 is 14.3 Å². The number of nitrogens with one attached hydrogen (secondary N) is 2. The van der Waals surface area contributed by atoms with E-state index in [0.29, 0.717) is 43.6 Å². The Kier molecular flexibility index (Phi) is 8.29. The number of hydrogen-bond acceptors (Lipinski definition) is 6. The van der Waals surface area contributed by atoms with E-state index in [0.717, 1.165) is 32.1 Å². The van der Waals surface area contributed by atoms with Gasteiger partial charge in [-0.15, -0.1) is 0 Å². The van der Waals surface area contributed by atoms with E-state index in [1.807, 2.05) is 0 Å². The van der Waals surface area contributed by atoms with Gasteiger partial charge in [-0.05, 0) is 33.1 Å². The first-order valence-corrected chi connectivity index (χ1v) is 9.85. The molecule has 8 heteroatoms. The Morgan fingerprint density at radius 1 is 1.22 bits per heavy atom. The van der Waals surface area contributed by atoms with Gasteiger partial charge < -0.3 is 20.3 Å². The Hall–Kier alpha value is -2.38. The first kappa shape index (κ1) is 20.9. The van der Waals surface area contributed by atoms with Gasteiger partial charge in [0.2, 0.25) is 0 Å². The van der Waals surface area contributed by atoms with E-state index in [9.17, 15) is 9.59 Å². The zero-order valence-corrected chi connectivity index (χ0v) is 16.6. The van der Waals surface area contributed by atoms with Crippen LogP contribution in [0.1, 0.15) is 62.3 Å². The minimum absolute atomic E-state index is 0.170. The zero-order valence-electron chi connectivity index (χ0n) is 16.6. The lowest BCUT2D eigenvalue weighted by atomic mass is 10.1. The molecule has 1 aliphatic heterocycles. The molecular weight excluding hydrogens is 346 g/mol. The summed E-state index contributed by atoms with van der Waals surface area (Å²) in [7, 11) is 0. The molecule has 0 saturated carbocycles. The first-order valence-electron chi connectivity index (χ1n) is 9.85. The summed E-state index contributed by atoms with van der Waals surface area (Å²) >= 11 is 0. The molecule has 0 atom stereocenters. The number of hydrogen-bond donors (Lipinski definition) is 2. The third-order valence-electron chi connectivity index (χ3n) is 4.51. The van der Waals surface area contributed by atoms with Crippen LogP contribution in [-0.2, 0) is 4.74 Å². The summed E-state index contributed by atoms with van der Waals surface area (Å²) in [6, 6.07) is 1.89. The van der Waals surface area contributed by atoms with Crippen molar-refractivity contribution in [3.63, 3.8) is 0 Å². The van der Waals surface area contributed by atoms with Gasteiger partial charge in [-0.3, -0.25) is 4.79 Å². The molecule has 0 radical (unpaired) electrons. The minimum Gasteiger partial charge on any atom is -0.450 e. The molecule has 150 valence electrons. The molecule has 2 N–H and O–H groups in total. The van der Waals surface area contributed by atoms with Gasteiger partial charge >= 0.3 is 6.09 Å². The third kappa shape index (κ3) is 6.69. The molecule has 1 aliphatic rings. The number of aromatic nitrogens is 2. The molecule has 0 bridgehead atoms. The number of nitrogens with zero attached hydrogens (tertiary/aromatic N) is 3. The number of likely N-dealkylation sites (tertiary alicyclic amines) is 1. The van der Waals surface area contributed by atoms with Gasteiger partial charge in [0.15, 0.2) is 0 Å². The molecule has 27 heavy (non-hydrogen) atoms. The maximum absolute atomic E-state index is 12.3. The van der Waals surface area contributed by atoms with Crippen LogP contribution in [0, 0.1) is 6.92 Å². The predicted octanol–water partition coefficient (Wildman–Crippen LogP) is 2.74. The lowest BCUT2D eigenvalue weighted by Gasteiger charge is -2.31. The number of unbranched alkanes of at least 4 members (excludes halogenated alkanes) is 2. The molecule has 1 saturated heterocycles. The van der Waals surface area contributed by atoms with E-state index in [-0.39, 0.29) is 18.0 Å². The standard InChI is InChI=1S/C19H31N5O3/c1-4-6-7-10-20-18(25)16-13-17(22-14(3)21-16)23-15-8-11-24(12-9-15)19(26)27-5-2/h13,15H,4-12H2,1-3H3,(H,20,25)(H,21,22,23). The number of anilines is 1. The predicted molar refractivity (Wildman–Crippen MR) is 104 cm³/mol. The normalized spacial score (nSPS) is 14.7. The van der Waals surface area contributed by atoms with E-state index in [4.69, 9.17) is 4.74 Å². The van der Waals surface area contributed by atoms with Gasteiger partial charge in [-0.25, -0.2) is 14.8 Å². The van der Waals surface area contributed by atoms with Crippen LogP contribution in [0.3, 0.4) is 0 Å². The van der Waals surface area contributed by atoms with Gasteiger partial charge in [0.05, 0.1) is 6.61 Å². The van der Waals surface area contributed by atoms with Gasteiger partial charge in [-0.1, -0.05) is 19.8 Å². The van der Waals surface area contributed by atoms with Crippen LogP contribution in [-0.4, -0.2) is 59.2 Å². The summed E-state index contributed by atoms with van der Waals surface area (Å²) in [6.07, 6.45) is 4.54. The zero-order chi connectivity index (χ0) is 19.6. The summed E-state index contributed by atoms with van der Waals surface area (Å²) in [6.45, 7) is 8.05. The second-order valence-corrected chi connectivity index (χ2v) is 6.75. The Morgan fingerprint density at radius 3 is 2.63 bits per heavy atom. The molecule has 2 heterocycles. The highest BCUT2D eigenvalue weighted by atomic mass is 16.6. The lowest BCUT2D eigenvalue weighted by molar-refractivity contribution is 0.0945. The first-order chi connectivity index (χ1) is 13.0. The van der Waals surface area contributed by atoms with Crippen LogP contribution in [0.2, 0.25) is 0 Å². The Bertz CT molecular complexity index is 630. The van der Waals surface area contributed by atoms with Gasteiger partial charge in [0.1, 0.15) is 17.3 Å². The van der Waals surface area contributed by atoms with E-state index in [1.165, 1.54) is 0 Å². The summed E-state index contributed by atoms with van der Waals surface area (Å²) in [5.41, 5.74) is 0.380. The molecule has 0 aliphatic carbocycles. The third-order valence-corrected chi connectivity index (χ3v) is 4.51. The summed E-state index contributed by atoms with van der Waals surface area (Å²) < 4.78 is 5.04. The molecule has 1 aromatic rings. The average Bonchev–Trinajstić information content (AvgIpc) is 2.65. The molecule has 0 aromatic carbocycles. The molecular formula is C19H31N5O3. The molecule has 2 amide bonds. The van der Waals surface area contributed by atoms with E-state index >= 15 is 0 Å². The number of piperidine rings is 1. The number of ether oxygens (including phenoxy) is 1. The highest BCUT2D eigenvalue weighted by Crippen LogP contribution is 2.17. The second kappa shape index (κ2) is 10.7. The molecule has 0 unspecified atom stereocenters. The largest absolute Gasteiger partial charge is 0.450 e. The Morgan fingerprint density at radius 2 is 1.96 bits per heavy atom. The Balaban J connectivity index is 1.89. The van der Waals surface area contributed by atoms with Crippen molar-refractivity contribution in [2.45, 2.75) is 58.9 Å². The number of carbonyl (C=O) groups is 2. The van der Waals surface area contributed by atoms with Gasteiger partial charge in [-0.2, -0.15) is 0 Å². The van der Waals surface area contributed by atoms with Crippen molar-refractivity contribution >= 4 is 17.8 Å². The number of aryl methyl sites for hydroxylation is 1. The fourth-order valence-corrected chi connectivity index (χ4v) is 3.06. The van der Waals surface area contributed by atoms with Crippen molar-refractivity contribution in [3.05, 3.63) is 17.6 Å². The molecule has 2 rings (SSSR count). The van der Waals surface area contributed by atoms with Crippen molar-refractivity contribution in [3.8, 4) is 0 Å². The van der Waals surface area contributed by atoms with E-state index < -0.39 is 0 Å². The maximum atomic E-state index is 12.3. The number of rotatable bonds is 8. The fraction of sp³-hybridized carbons (Fsp3) is 0.684. The topological polar surface area (TPSA) is 96.5 Å². The quantitative estimate of drug-likeness (QED) is 0.676. The van der Waals surface area contributed by atoms with Crippen molar-refractivity contribution in [2.24, 2.45) is 0 Å². The van der Waals surface area contributed by atoms with Crippen LogP contribution >= 0.6 is 0 Å². The van der Waals surface area contributed by atoms with Crippen LogP contribution in [0.25, 0.3) is 0 Å². The van der Waals surface area contributed by atoms with Crippen LogP contribution in [0.15, 0.2) is 6.07 Å². The monoisotopic (exact) mass is 377 g/mol. The SMILES string of the molecule is CCCCCNC(=O)c1cc(NC2CCN(C(=O)OCC)CC2)nc(C)n1. The lowest BCUT2D eigenvalue weighted by Crippen LogP contribution is -2.42. The highest BCUT2D eigenvalue weighted by molar-refractivity contribution is 5.92. The van der Waals surface area contributed by atoms with Gasteiger partial charge in [0.25, 0.3) is 5.91 Å². The van der Waals surface area contributed by atoms with Crippen LogP contribution < -0.4 is 10.6 Å². The highest BCUT2D eigenvalue weighted by Gasteiger charge is 2.24. The molecule has 8 nitrogen and oxygen atoms in total. The minimum atomic E-state index is -0.254. The van der Waals surface area contributed by atoms with Crippen molar-refractivity contribution in [1.82, 2.24) is 20.2 Å². The average molecular weight is 377 g/mol. The fourth-order valence-electron chi connectivity index (χ4n) is 3.06. The van der Waals surface area contributed by atoms with Crippen LogP contribution in [0.4, 0.5) is 10.6 Å². The molecule has 1 fully saturated rings. The molecule has 0 spiro atoms. The Labute approximate surface area is 161 Å². The number of amides is 2. The van der Waals surface area contributed by atoms with Crippen LogP contribution in [0.5, 0.6) is 0 Å². The smallest absolute Gasteiger partial charge is 0.409 e. The second-order valence-electron chi connectivity index (χ2n) is 6.75. The van der Waals surface area contributed by atoms with Gasteiger partial charge in [0, 0.05) is 31.7 Å². The summed E-state index contributed by atoms with van der Waals surface area (Å²) in [4.78, 5) is 34.4. The molecule has 1 aromatic heterocycles. The summed E-state index contributed by atoms with van der Waals surface area (Å²) in [5.74, 6) is 1.04. The van der Waals surface area contributed by atoms with Crippen molar-refractivity contribution in [1.29, 1.82) is 0 Å². The van der Waals surface area contributed by atoms with E-state index in [1.54, 1.807) is 24.8 Å². The van der Waals surface area contributed by atoms with Crippen molar-refractivity contribution in [2.75, 3.05) is 31.6 Å². The number of carbonyl (C=O) groups excluding carboxylic acids is 2. The summed E-state index contributed by atoms with van der Waals surface area (Å²) in [5, 5.41) is 6.28.